The number of fused-ring (bicyclic) bond motifs is 2. The molecule has 6 heteroatoms. The molecular weight excluding hydrogens is 360 g/mol. The molecule has 2 aromatic carbocycles. The number of aromatic amines is 1. The minimum Gasteiger partial charge on any atom is -0.361 e. The third-order valence-corrected chi connectivity index (χ3v) is 5.17. The summed E-state index contributed by atoms with van der Waals surface area (Å²) in [5, 5.41) is 5.68. The molecule has 0 radical (unpaired) electrons. The molecule has 0 saturated carbocycles. The van der Waals surface area contributed by atoms with E-state index in [1.165, 1.54) is 0 Å². The van der Waals surface area contributed by atoms with Crippen LogP contribution in [0.5, 0.6) is 0 Å². The molecule has 0 unspecified atom stereocenters. The van der Waals surface area contributed by atoms with Crippen LogP contribution >= 0.6 is 11.6 Å². The summed E-state index contributed by atoms with van der Waals surface area (Å²) in [6, 6.07) is 11.9. The Kier molecular flexibility index (Phi) is 3.52. The van der Waals surface area contributed by atoms with Crippen LogP contribution in [0.2, 0.25) is 5.02 Å². The molecule has 0 bridgehead atoms. The summed E-state index contributed by atoms with van der Waals surface area (Å²) in [6.45, 7) is 3.87. The summed E-state index contributed by atoms with van der Waals surface area (Å²) < 4.78 is 5.37. The molecule has 5 nitrogen and oxygen atoms in total. The number of benzene rings is 2. The van der Waals surface area contributed by atoms with Gasteiger partial charge in [-0.15, -0.1) is 0 Å². The van der Waals surface area contributed by atoms with Gasteiger partial charge in [0.1, 0.15) is 5.76 Å². The van der Waals surface area contributed by atoms with Crippen LogP contribution in [-0.2, 0) is 0 Å². The maximum absolute atomic E-state index is 6.53. The number of halogens is 1. The maximum atomic E-state index is 6.53. The van der Waals surface area contributed by atoms with Crippen molar-refractivity contribution in [3.8, 4) is 22.3 Å². The van der Waals surface area contributed by atoms with Gasteiger partial charge in [-0.3, -0.25) is 4.98 Å². The Hall–Kier alpha value is -3.18. The molecule has 0 aliphatic carbocycles. The monoisotopic (exact) mass is 374 g/mol. The Bertz CT molecular complexity index is 1290. The third kappa shape index (κ3) is 2.43. The van der Waals surface area contributed by atoms with Gasteiger partial charge in [-0.1, -0.05) is 22.8 Å². The van der Waals surface area contributed by atoms with Crippen molar-refractivity contribution >= 4 is 33.5 Å². The van der Waals surface area contributed by atoms with E-state index in [9.17, 15) is 0 Å². The highest BCUT2D eigenvalue weighted by Crippen LogP contribution is 2.39. The van der Waals surface area contributed by atoms with Crippen molar-refractivity contribution < 1.29 is 4.52 Å². The van der Waals surface area contributed by atoms with Crippen LogP contribution in [-0.4, -0.2) is 20.1 Å². The molecule has 3 aromatic heterocycles. The summed E-state index contributed by atoms with van der Waals surface area (Å²) in [5.41, 5.74) is 7.55. The van der Waals surface area contributed by atoms with Crippen LogP contribution in [0.3, 0.4) is 0 Å². The van der Waals surface area contributed by atoms with Crippen molar-refractivity contribution in [2.24, 2.45) is 0 Å². The SMILES string of the molecule is Cc1noc(C)c1-c1cc(-c2ccnc3cccc(Cl)c23)c2nc[nH]c2c1. The fourth-order valence-corrected chi connectivity index (χ4v) is 3.95. The number of imidazole rings is 1. The molecule has 0 fully saturated rings. The van der Waals surface area contributed by atoms with E-state index in [1.54, 1.807) is 12.5 Å². The Morgan fingerprint density at radius 2 is 1.93 bits per heavy atom. The number of pyridine rings is 1. The first-order valence-electron chi connectivity index (χ1n) is 8.57. The van der Waals surface area contributed by atoms with E-state index >= 15 is 0 Å². The van der Waals surface area contributed by atoms with Crippen LogP contribution in [0.25, 0.3) is 44.2 Å². The van der Waals surface area contributed by atoms with E-state index in [4.69, 9.17) is 16.1 Å². The molecule has 5 aromatic rings. The molecule has 0 saturated heterocycles. The minimum absolute atomic E-state index is 0.669. The number of H-pyrrole nitrogens is 1. The van der Waals surface area contributed by atoms with E-state index < -0.39 is 0 Å². The minimum atomic E-state index is 0.669. The second-order valence-corrected chi connectivity index (χ2v) is 6.92. The van der Waals surface area contributed by atoms with Crippen LogP contribution in [0.4, 0.5) is 0 Å². The number of nitrogens with zero attached hydrogens (tertiary/aromatic N) is 3. The zero-order valence-corrected chi connectivity index (χ0v) is 15.5. The van der Waals surface area contributed by atoms with E-state index in [0.29, 0.717) is 5.02 Å². The Balaban J connectivity index is 1.89. The van der Waals surface area contributed by atoms with E-state index in [1.807, 2.05) is 38.1 Å². The summed E-state index contributed by atoms with van der Waals surface area (Å²) in [4.78, 5) is 12.2. The van der Waals surface area contributed by atoms with Gasteiger partial charge in [0.15, 0.2) is 0 Å². The van der Waals surface area contributed by atoms with Gasteiger partial charge in [0.2, 0.25) is 0 Å². The number of nitrogens with one attached hydrogen (secondary N) is 1. The average molecular weight is 375 g/mol. The summed E-state index contributed by atoms with van der Waals surface area (Å²) in [6.07, 6.45) is 3.51. The molecule has 0 aliphatic rings. The van der Waals surface area contributed by atoms with Gasteiger partial charge in [-0.05, 0) is 55.3 Å². The van der Waals surface area contributed by atoms with E-state index in [2.05, 4.69) is 32.2 Å². The highest BCUT2D eigenvalue weighted by Gasteiger charge is 2.18. The van der Waals surface area contributed by atoms with Gasteiger partial charge in [-0.2, -0.15) is 0 Å². The smallest absolute Gasteiger partial charge is 0.141 e. The third-order valence-electron chi connectivity index (χ3n) is 4.85. The molecule has 0 amide bonds. The fourth-order valence-electron chi connectivity index (χ4n) is 3.68. The zero-order chi connectivity index (χ0) is 18.5. The summed E-state index contributed by atoms with van der Waals surface area (Å²) >= 11 is 6.53. The predicted octanol–water partition coefficient (Wildman–Crippen LogP) is 5.70. The Labute approximate surface area is 160 Å². The number of aromatic nitrogens is 4. The second-order valence-electron chi connectivity index (χ2n) is 6.51. The molecule has 5 rings (SSSR count). The summed E-state index contributed by atoms with van der Waals surface area (Å²) in [7, 11) is 0. The number of aryl methyl sites for hydroxylation is 2. The van der Waals surface area contributed by atoms with E-state index in [0.717, 1.165) is 55.6 Å². The van der Waals surface area contributed by atoms with Crippen LogP contribution < -0.4 is 0 Å². The standard InChI is InChI=1S/C21H15ClN4O/c1-11-19(12(2)27-26-11)13-8-15(21-18(9-13)24-10-25-21)14-6-7-23-17-5-3-4-16(22)20(14)17/h3-10H,1-2H3,(H,24,25). The van der Waals surface area contributed by atoms with E-state index in [-0.39, 0.29) is 0 Å². The lowest BCUT2D eigenvalue weighted by Crippen LogP contribution is -1.90. The van der Waals surface area contributed by atoms with Gasteiger partial charge in [-0.25, -0.2) is 4.98 Å². The quantitative estimate of drug-likeness (QED) is 0.430. The number of hydrogen-bond acceptors (Lipinski definition) is 4. The van der Waals surface area contributed by atoms with Crippen molar-refractivity contribution in [3.05, 3.63) is 65.4 Å². The second kappa shape index (κ2) is 5.93. The fraction of sp³-hybridized carbons (Fsp3) is 0.0952. The van der Waals surface area contributed by atoms with Crippen LogP contribution in [0, 0.1) is 13.8 Å². The maximum Gasteiger partial charge on any atom is 0.141 e. The lowest BCUT2D eigenvalue weighted by Gasteiger charge is -2.11. The van der Waals surface area contributed by atoms with Crippen molar-refractivity contribution in [2.45, 2.75) is 13.8 Å². The molecule has 0 spiro atoms. The number of hydrogen-bond donors (Lipinski definition) is 1. The molecule has 0 aliphatic heterocycles. The van der Waals surface area contributed by atoms with Gasteiger partial charge in [0.25, 0.3) is 0 Å². The topological polar surface area (TPSA) is 67.6 Å². The van der Waals surface area contributed by atoms with Gasteiger partial charge in [0, 0.05) is 22.7 Å². The molecule has 132 valence electrons. The van der Waals surface area contributed by atoms with Crippen molar-refractivity contribution in [2.75, 3.05) is 0 Å². The highest BCUT2D eigenvalue weighted by atomic mass is 35.5. The average Bonchev–Trinajstić information content (AvgIpc) is 3.27. The normalized spacial score (nSPS) is 11.5. The molecule has 1 N–H and O–H groups in total. The zero-order valence-electron chi connectivity index (χ0n) is 14.7. The number of rotatable bonds is 2. The first-order valence-corrected chi connectivity index (χ1v) is 8.95. The first-order chi connectivity index (χ1) is 13.1. The van der Waals surface area contributed by atoms with Crippen LogP contribution in [0.1, 0.15) is 11.5 Å². The molecule has 27 heavy (non-hydrogen) atoms. The highest BCUT2D eigenvalue weighted by molar-refractivity contribution is 6.36. The first kappa shape index (κ1) is 16.0. The molecule has 3 heterocycles. The van der Waals surface area contributed by atoms with Gasteiger partial charge in [0.05, 0.1) is 33.6 Å². The van der Waals surface area contributed by atoms with Crippen molar-refractivity contribution in [1.82, 2.24) is 20.1 Å². The Morgan fingerprint density at radius 3 is 2.74 bits per heavy atom. The molecule has 0 atom stereocenters. The summed E-state index contributed by atoms with van der Waals surface area (Å²) in [5.74, 6) is 0.787. The lowest BCUT2D eigenvalue weighted by molar-refractivity contribution is 0.393. The van der Waals surface area contributed by atoms with Gasteiger partial charge < -0.3 is 9.51 Å². The molecular formula is C21H15ClN4O. The predicted molar refractivity (Wildman–Crippen MR) is 107 cm³/mol. The van der Waals surface area contributed by atoms with Crippen LogP contribution in [0.15, 0.2) is 53.4 Å². The van der Waals surface area contributed by atoms with Crippen molar-refractivity contribution in [1.29, 1.82) is 0 Å². The lowest BCUT2D eigenvalue weighted by atomic mass is 9.95. The Morgan fingerprint density at radius 1 is 1.04 bits per heavy atom. The van der Waals surface area contributed by atoms with Crippen molar-refractivity contribution in [3.63, 3.8) is 0 Å². The largest absolute Gasteiger partial charge is 0.361 e. The van der Waals surface area contributed by atoms with Gasteiger partial charge >= 0.3 is 0 Å².